The Morgan fingerprint density at radius 2 is 1.69 bits per heavy atom. The number of nitrogens with zero attached hydrogens (tertiary/aromatic N) is 5. The van der Waals surface area contributed by atoms with Gasteiger partial charge in [0.15, 0.2) is 0 Å². The number of benzene rings is 2. The lowest BCUT2D eigenvalue weighted by molar-refractivity contribution is -0.136. The fourth-order valence-corrected chi connectivity index (χ4v) is 8.15. The highest BCUT2D eigenvalue weighted by Crippen LogP contribution is 2.34. The second kappa shape index (κ2) is 13.4. The number of hydrogen-bond acceptors (Lipinski definition) is 8. The van der Waals surface area contributed by atoms with Gasteiger partial charge in [-0.2, -0.15) is 5.10 Å². The first-order chi connectivity index (χ1) is 23.1. The van der Waals surface area contributed by atoms with Crippen LogP contribution in [-0.4, -0.2) is 87.5 Å². The summed E-state index contributed by atoms with van der Waals surface area (Å²) in [6.45, 7) is 5.17. The van der Waals surface area contributed by atoms with Gasteiger partial charge in [-0.15, -0.1) is 0 Å². The predicted molar refractivity (Wildman–Crippen MR) is 183 cm³/mol. The zero-order valence-corrected chi connectivity index (χ0v) is 28.2. The van der Waals surface area contributed by atoms with E-state index in [-0.39, 0.29) is 40.8 Å². The van der Waals surface area contributed by atoms with Crippen LogP contribution in [0.25, 0.3) is 0 Å². The third kappa shape index (κ3) is 6.63. The summed E-state index contributed by atoms with van der Waals surface area (Å²) < 4.78 is 1.24. The van der Waals surface area contributed by atoms with E-state index in [1.165, 1.54) is 21.4 Å². The summed E-state index contributed by atoms with van der Waals surface area (Å²) in [5, 5.41) is 10.1. The third-order valence-corrected chi connectivity index (χ3v) is 10.9. The average molecular weight is 672 g/mol. The van der Waals surface area contributed by atoms with Crippen molar-refractivity contribution in [1.82, 2.24) is 29.8 Å². The first-order valence-corrected chi connectivity index (χ1v) is 17.3. The van der Waals surface area contributed by atoms with Crippen LogP contribution in [0.15, 0.2) is 53.5 Å². The van der Waals surface area contributed by atoms with E-state index in [0.717, 1.165) is 57.5 Å². The van der Waals surface area contributed by atoms with Gasteiger partial charge in [-0.05, 0) is 86.0 Å². The topological polar surface area (TPSA) is 120 Å². The highest BCUT2D eigenvalue weighted by atomic mass is 35.5. The summed E-state index contributed by atoms with van der Waals surface area (Å²) in [6.07, 6.45) is 5.30. The number of piperidine rings is 3. The van der Waals surface area contributed by atoms with E-state index in [1.54, 1.807) is 18.1 Å². The van der Waals surface area contributed by atoms with E-state index in [2.05, 4.69) is 69.0 Å². The Morgan fingerprint density at radius 3 is 2.44 bits per heavy atom. The fourth-order valence-electron chi connectivity index (χ4n) is 7.92. The van der Waals surface area contributed by atoms with Crippen LogP contribution in [0.5, 0.6) is 0 Å². The molecule has 48 heavy (non-hydrogen) atoms. The maximum absolute atomic E-state index is 13.1. The first kappa shape index (κ1) is 32.5. The van der Waals surface area contributed by atoms with Gasteiger partial charge in [0.25, 0.3) is 11.5 Å². The Balaban J connectivity index is 0.921. The van der Waals surface area contributed by atoms with E-state index in [4.69, 9.17) is 11.6 Å². The van der Waals surface area contributed by atoms with Crippen LogP contribution in [0.3, 0.4) is 0 Å². The monoisotopic (exact) mass is 671 g/mol. The van der Waals surface area contributed by atoms with Crippen LogP contribution < -0.4 is 16.2 Å². The summed E-state index contributed by atoms with van der Waals surface area (Å²) >= 11 is 6.32. The minimum absolute atomic E-state index is 0.123. The molecule has 0 bridgehead atoms. The molecule has 3 atom stereocenters. The number of carbonyl (C=O) groups is 3. The smallest absolute Gasteiger partial charge is 0.287 e. The number of amides is 3. The number of likely N-dealkylation sites (tertiary alicyclic amines) is 2. The normalized spacial score (nSPS) is 24.1. The molecule has 0 saturated carbocycles. The number of anilines is 1. The number of hydrogen-bond donors (Lipinski definition) is 2. The lowest BCUT2D eigenvalue weighted by atomic mass is 9.87. The van der Waals surface area contributed by atoms with Crippen LogP contribution >= 0.6 is 11.6 Å². The van der Waals surface area contributed by atoms with Gasteiger partial charge in [0.2, 0.25) is 11.8 Å². The maximum Gasteiger partial charge on any atom is 0.287 e. The zero-order chi connectivity index (χ0) is 33.5. The van der Waals surface area contributed by atoms with Crippen molar-refractivity contribution in [2.75, 3.05) is 38.5 Å². The fraction of sp³-hybridized carbons (Fsp3) is 0.472. The molecule has 2 aromatic carbocycles. The van der Waals surface area contributed by atoms with Gasteiger partial charge >= 0.3 is 0 Å². The molecule has 0 spiro atoms. The van der Waals surface area contributed by atoms with Crippen molar-refractivity contribution >= 4 is 35.0 Å². The van der Waals surface area contributed by atoms with Gasteiger partial charge in [-0.3, -0.25) is 29.4 Å². The van der Waals surface area contributed by atoms with Crippen LogP contribution in [0.1, 0.15) is 76.6 Å². The summed E-state index contributed by atoms with van der Waals surface area (Å²) in [5.74, 6) is 0.0260. The van der Waals surface area contributed by atoms with Crippen molar-refractivity contribution in [3.63, 3.8) is 0 Å². The number of rotatable bonds is 7. The molecule has 3 aromatic rings. The molecule has 0 radical (unpaired) electrons. The molecule has 12 heteroatoms. The number of carbonyl (C=O) groups excluding carboxylic acids is 3. The largest absolute Gasteiger partial charge is 0.378 e. The molecular weight excluding hydrogens is 630 g/mol. The van der Waals surface area contributed by atoms with Crippen molar-refractivity contribution in [1.29, 1.82) is 0 Å². The van der Waals surface area contributed by atoms with Gasteiger partial charge in [0, 0.05) is 51.3 Å². The molecule has 252 valence electrons. The molecule has 3 fully saturated rings. The molecule has 1 aromatic heterocycles. The van der Waals surface area contributed by atoms with Crippen LogP contribution in [0.2, 0.25) is 5.02 Å². The van der Waals surface area contributed by atoms with Crippen molar-refractivity contribution in [2.45, 2.75) is 69.1 Å². The Hall–Kier alpha value is -4.06. The lowest BCUT2D eigenvalue weighted by Gasteiger charge is -2.37. The number of aryl methyl sites for hydroxylation is 1. The van der Waals surface area contributed by atoms with E-state index in [9.17, 15) is 19.2 Å². The van der Waals surface area contributed by atoms with Crippen molar-refractivity contribution < 1.29 is 14.4 Å². The number of nitrogens with one attached hydrogen (secondary N) is 2. The maximum atomic E-state index is 13.1. The minimum atomic E-state index is -0.587. The number of likely N-dealkylation sites (N-methyl/N-ethyl adjacent to an activating group) is 1. The summed E-state index contributed by atoms with van der Waals surface area (Å²) in [6, 6.07) is 14.8. The standard InChI is InChI=1S/C36H42ClN7O4/c1-41-19-26(16-28(21-41)39-30-17-38-42(2)36(48)33(30)37)23-5-3-22(4-6-23)18-43-13-11-24(12-14-43)25-7-8-29-27(15-25)20-44(35(29)47)31-9-10-32(45)40-34(31)46/h3-8,15,17,24,26,28,31,39H,9-14,16,18-21H2,1-2H3,(H,40,45,46)/t26-,28+,31?/m0/s1. The summed E-state index contributed by atoms with van der Waals surface area (Å²) in [5.41, 5.74) is 5.80. The lowest BCUT2D eigenvalue weighted by Crippen LogP contribution is -2.52. The van der Waals surface area contributed by atoms with Gasteiger partial charge in [-0.1, -0.05) is 48.0 Å². The second-order valence-electron chi connectivity index (χ2n) is 13.9. The van der Waals surface area contributed by atoms with E-state index < -0.39 is 6.04 Å². The van der Waals surface area contributed by atoms with Crippen LogP contribution in [0.4, 0.5) is 5.69 Å². The molecule has 4 aliphatic heterocycles. The number of halogens is 1. The van der Waals surface area contributed by atoms with Gasteiger partial charge in [-0.25, -0.2) is 4.68 Å². The highest BCUT2D eigenvalue weighted by Gasteiger charge is 2.39. The molecule has 3 amide bonds. The third-order valence-electron chi connectivity index (χ3n) is 10.5. The molecule has 1 unspecified atom stereocenters. The first-order valence-electron chi connectivity index (χ1n) is 16.9. The minimum Gasteiger partial charge on any atom is -0.378 e. The Labute approximate surface area is 285 Å². The zero-order valence-electron chi connectivity index (χ0n) is 27.5. The van der Waals surface area contributed by atoms with Gasteiger partial charge < -0.3 is 15.1 Å². The molecule has 5 heterocycles. The number of fused-ring (bicyclic) bond motifs is 1. The Morgan fingerprint density at radius 1 is 0.938 bits per heavy atom. The summed E-state index contributed by atoms with van der Waals surface area (Å²) in [7, 11) is 3.72. The van der Waals surface area contributed by atoms with Crippen molar-refractivity contribution in [3.05, 3.63) is 91.9 Å². The molecule has 3 saturated heterocycles. The molecule has 11 nitrogen and oxygen atoms in total. The molecule has 4 aliphatic rings. The average Bonchev–Trinajstić information content (AvgIpc) is 3.40. The molecule has 2 N–H and O–H groups in total. The predicted octanol–water partition coefficient (Wildman–Crippen LogP) is 3.47. The van der Waals surface area contributed by atoms with E-state index in [1.807, 2.05) is 6.07 Å². The van der Waals surface area contributed by atoms with Gasteiger partial charge in [0.1, 0.15) is 11.1 Å². The Kier molecular flexibility index (Phi) is 9.10. The Bertz CT molecular complexity index is 1790. The number of imide groups is 1. The van der Waals surface area contributed by atoms with Crippen molar-refractivity contribution in [2.24, 2.45) is 7.05 Å². The van der Waals surface area contributed by atoms with Crippen LogP contribution in [-0.2, 0) is 29.7 Å². The van der Waals surface area contributed by atoms with Crippen LogP contribution in [0, 0.1) is 0 Å². The van der Waals surface area contributed by atoms with Crippen molar-refractivity contribution in [3.8, 4) is 0 Å². The molecule has 7 rings (SSSR count). The van der Waals surface area contributed by atoms with Gasteiger partial charge in [0.05, 0.1) is 11.9 Å². The van der Waals surface area contributed by atoms with E-state index >= 15 is 0 Å². The van der Waals surface area contributed by atoms with E-state index in [0.29, 0.717) is 36.1 Å². The highest BCUT2D eigenvalue weighted by molar-refractivity contribution is 6.32. The molecular formula is C36H42ClN7O4. The SMILES string of the molecule is CN1C[C@H](Nc2cnn(C)c(=O)c2Cl)C[C@H](c2ccc(CN3CCC(c4ccc5c(c4)CN(C4CCC(=O)NC4=O)C5=O)CC3)cc2)C1. The second-order valence-corrected chi connectivity index (χ2v) is 14.3. The summed E-state index contributed by atoms with van der Waals surface area (Å²) in [4.78, 5) is 55.8. The number of aromatic nitrogens is 2. The molecule has 0 aliphatic carbocycles. The quantitative estimate of drug-likeness (QED) is 0.367.